The van der Waals surface area contributed by atoms with Crippen molar-refractivity contribution in [2.24, 2.45) is 17.8 Å². The summed E-state index contributed by atoms with van der Waals surface area (Å²) in [4.78, 5) is 17.9. The van der Waals surface area contributed by atoms with Crippen LogP contribution >= 0.6 is 0 Å². The summed E-state index contributed by atoms with van der Waals surface area (Å²) in [7, 11) is 0. The Kier molecular flexibility index (Phi) is 6.60. The fourth-order valence-electron chi connectivity index (χ4n) is 5.91. The Hall–Kier alpha value is -2.31. The highest BCUT2D eigenvalue weighted by molar-refractivity contribution is 5.81. The van der Waals surface area contributed by atoms with Gasteiger partial charge in [-0.15, -0.1) is 0 Å². The van der Waals surface area contributed by atoms with Crippen LogP contribution in [0.2, 0.25) is 0 Å². The molecule has 0 aliphatic carbocycles. The maximum absolute atomic E-state index is 14.8. The second-order valence-electron chi connectivity index (χ2n) is 11.2. The van der Waals surface area contributed by atoms with E-state index < -0.39 is 23.2 Å². The van der Waals surface area contributed by atoms with Crippen molar-refractivity contribution in [3.8, 4) is 0 Å². The Labute approximate surface area is 201 Å². The highest BCUT2D eigenvalue weighted by Crippen LogP contribution is 2.43. The smallest absolute Gasteiger partial charge is 0.227 e. The average Bonchev–Trinajstić information content (AvgIpc) is 3.23. The molecule has 0 unspecified atom stereocenters. The molecule has 0 spiro atoms. The third kappa shape index (κ3) is 4.38. The van der Waals surface area contributed by atoms with Crippen LogP contribution in [0.4, 0.5) is 8.78 Å². The third-order valence-electron chi connectivity index (χ3n) is 7.99. The predicted octanol–water partition coefficient (Wildman–Crippen LogP) is 4.78. The molecule has 2 aromatic rings. The van der Waals surface area contributed by atoms with Gasteiger partial charge in [-0.2, -0.15) is 0 Å². The first-order valence-corrected chi connectivity index (χ1v) is 12.2. The summed E-state index contributed by atoms with van der Waals surface area (Å²) in [5.74, 6) is -2.35. The van der Waals surface area contributed by atoms with E-state index >= 15 is 0 Å². The van der Waals surface area contributed by atoms with Crippen LogP contribution in [0.25, 0.3) is 0 Å². The van der Waals surface area contributed by atoms with Crippen molar-refractivity contribution in [1.29, 1.82) is 0 Å². The van der Waals surface area contributed by atoms with E-state index in [1.54, 1.807) is 0 Å². The Morgan fingerprint density at radius 1 is 0.971 bits per heavy atom. The van der Waals surface area contributed by atoms with E-state index in [1.807, 2.05) is 49.1 Å². The first-order chi connectivity index (χ1) is 15.9. The molecule has 0 aromatic heterocycles. The fraction of sp³-hybridized carbons (Fsp3) is 0.536. The summed E-state index contributed by atoms with van der Waals surface area (Å²) >= 11 is 0. The molecule has 4 rings (SSSR count). The molecule has 5 atom stereocenters. The molecule has 0 bridgehead atoms. The van der Waals surface area contributed by atoms with Crippen molar-refractivity contribution in [1.82, 2.24) is 9.80 Å². The normalized spacial score (nSPS) is 30.5. The lowest BCUT2D eigenvalue weighted by Gasteiger charge is -2.48. The molecule has 1 amide bonds. The summed E-state index contributed by atoms with van der Waals surface area (Å²) < 4.78 is 28.4. The van der Waals surface area contributed by atoms with E-state index in [2.05, 4.69) is 25.7 Å². The third-order valence-corrected chi connectivity index (χ3v) is 7.99. The minimum atomic E-state index is -1.02. The first-order valence-electron chi connectivity index (χ1n) is 12.2. The Balaban J connectivity index is 1.61. The molecule has 2 aliphatic heterocycles. The summed E-state index contributed by atoms with van der Waals surface area (Å²) in [6.45, 7) is 12.1. The van der Waals surface area contributed by atoms with Gasteiger partial charge < -0.3 is 10.0 Å². The van der Waals surface area contributed by atoms with Gasteiger partial charge in [0, 0.05) is 55.5 Å². The SMILES string of the molecule is C[C@@H]1CN(C(=O)[C@@H]2CN(C(C)(C)C)C[C@H]2c2ccc(F)cc2F)C[C@H](C)[C@@]1(O)c1ccccc1. The van der Waals surface area contributed by atoms with Crippen LogP contribution in [0.3, 0.4) is 0 Å². The molecule has 184 valence electrons. The number of halogens is 2. The number of benzene rings is 2. The van der Waals surface area contributed by atoms with Crippen LogP contribution in [0.5, 0.6) is 0 Å². The van der Waals surface area contributed by atoms with Crippen LogP contribution in [-0.2, 0) is 10.4 Å². The number of likely N-dealkylation sites (tertiary alicyclic amines) is 2. The maximum atomic E-state index is 14.8. The molecule has 2 aromatic carbocycles. The second kappa shape index (κ2) is 9.04. The van der Waals surface area contributed by atoms with Gasteiger partial charge in [0.1, 0.15) is 11.6 Å². The van der Waals surface area contributed by atoms with Crippen LogP contribution in [0, 0.1) is 29.4 Å². The summed E-state index contributed by atoms with van der Waals surface area (Å²) in [5.41, 5.74) is 0.0616. The molecule has 1 N–H and O–H groups in total. The van der Waals surface area contributed by atoms with Gasteiger partial charge in [-0.05, 0) is 38.0 Å². The van der Waals surface area contributed by atoms with Gasteiger partial charge in [0.15, 0.2) is 0 Å². The first kappa shape index (κ1) is 24.8. The molecular formula is C28H36F2N2O2. The lowest BCUT2D eigenvalue weighted by molar-refractivity contribution is -0.152. The number of hydrogen-bond acceptors (Lipinski definition) is 3. The number of piperidine rings is 1. The fourth-order valence-corrected chi connectivity index (χ4v) is 5.91. The average molecular weight is 471 g/mol. The zero-order valence-corrected chi connectivity index (χ0v) is 20.8. The van der Waals surface area contributed by atoms with Crippen molar-refractivity contribution in [2.45, 2.75) is 51.7 Å². The summed E-state index contributed by atoms with van der Waals surface area (Å²) in [5, 5.41) is 11.7. The molecule has 34 heavy (non-hydrogen) atoms. The highest BCUT2D eigenvalue weighted by Gasteiger charge is 2.50. The van der Waals surface area contributed by atoms with Crippen molar-refractivity contribution >= 4 is 5.91 Å². The monoisotopic (exact) mass is 470 g/mol. The highest BCUT2D eigenvalue weighted by atomic mass is 19.1. The molecule has 2 fully saturated rings. The second-order valence-corrected chi connectivity index (χ2v) is 11.2. The number of carbonyl (C=O) groups is 1. The summed E-state index contributed by atoms with van der Waals surface area (Å²) in [6, 6.07) is 13.3. The zero-order valence-electron chi connectivity index (χ0n) is 20.8. The molecule has 0 saturated carbocycles. The van der Waals surface area contributed by atoms with Crippen LogP contribution in [-0.4, -0.2) is 52.5 Å². The Morgan fingerprint density at radius 2 is 1.59 bits per heavy atom. The Bertz CT molecular complexity index is 1020. The molecule has 2 heterocycles. The lowest BCUT2D eigenvalue weighted by atomic mass is 9.70. The number of hydrogen-bond donors (Lipinski definition) is 1. The minimum absolute atomic E-state index is 0.0192. The van der Waals surface area contributed by atoms with Gasteiger partial charge in [0.05, 0.1) is 11.5 Å². The number of amides is 1. The van der Waals surface area contributed by atoms with Gasteiger partial charge in [-0.3, -0.25) is 9.69 Å². The van der Waals surface area contributed by atoms with Crippen LogP contribution in [0.15, 0.2) is 48.5 Å². The van der Waals surface area contributed by atoms with Gasteiger partial charge in [-0.1, -0.05) is 50.2 Å². The number of aliphatic hydroxyl groups is 1. The topological polar surface area (TPSA) is 43.8 Å². The molecule has 4 nitrogen and oxygen atoms in total. The quantitative estimate of drug-likeness (QED) is 0.702. The van der Waals surface area contributed by atoms with E-state index in [4.69, 9.17) is 0 Å². The van der Waals surface area contributed by atoms with E-state index in [0.29, 0.717) is 31.7 Å². The van der Waals surface area contributed by atoms with Crippen LogP contribution < -0.4 is 0 Å². The number of carbonyl (C=O) groups excluding carboxylic acids is 1. The number of rotatable bonds is 3. The largest absolute Gasteiger partial charge is 0.384 e. The van der Waals surface area contributed by atoms with Crippen molar-refractivity contribution in [3.63, 3.8) is 0 Å². The van der Waals surface area contributed by atoms with Crippen molar-refractivity contribution in [3.05, 3.63) is 71.3 Å². The molecule has 2 saturated heterocycles. The summed E-state index contributed by atoms with van der Waals surface area (Å²) in [6.07, 6.45) is 0. The van der Waals surface area contributed by atoms with Crippen LogP contribution in [0.1, 0.15) is 51.7 Å². The molecular weight excluding hydrogens is 434 g/mol. The van der Waals surface area contributed by atoms with Gasteiger partial charge in [0.2, 0.25) is 5.91 Å². The lowest BCUT2D eigenvalue weighted by Crippen LogP contribution is -2.57. The predicted molar refractivity (Wildman–Crippen MR) is 129 cm³/mol. The minimum Gasteiger partial charge on any atom is -0.384 e. The Morgan fingerprint density at radius 3 is 2.15 bits per heavy atom. The van der Waals surface area contributed by atoms with Crippen molar-refractivity contribution < 1.29 is 18.7 Å². The van der Waals surface area contributed by atoms with Gasteiger partial charge in [-0.25, -0.2) is 8.78 Å². The van der Waals surface area contributed by atoms with Gasteiger partial charge >= 0.3 is 0 Å². The number of nitrogens with zero attached hydrogens (tertiary/aromatic N) is 2. The zero-order chi connectivity index (χ0) is 24.8. The standard InChI is InChI=1S/C28H36F2N2O2/c1-18-14-31(15-19(2)28(18,34)20-9-7-6-8-10-20)26(33)24-17-32(27(3,4)5)16-23(24)22-12-11-21(29)13-25(22)30/h6-13,18-19,23-24,34H,14-17H2,1-5H3/t18-,19+,23-,24+,28-/m0/s1. The van der Waals surface area contributed by atoms with E-state index in [0.717, 1.165) is 11.6 Å². The maximum Gasteiger partial charge on any atom is 0.227 e. The molecule has 6 heteroatoms. The van der Waals surface area contributed by atoms with Gasteiger partial charge in [0.25, 0.3) is 0 Å². The van der Waals surface area contributed by atoms with Crippen molar-refractivity contribution in [2.75, 3.05) is 26.2 Å². The molecule has 2 aliphatic rings. The van der Waals surface area contributed by atoms with E-state index in [-0.39, 0.29) is 29.2 Å². The molecule has 0 radical (unpaired) electrons. The van der Waals surface area contributed by atoms with E-state index in [1.165, 1.54) is 12.1 Å². The van der Waals surface area contributed by atoms with E-state index in [9.17, 15) is 18.7 Å².